The molecule has 0 aliphatic carbocycles. The zero-order valence-electron chi connectivity index (χ0n) is 8.96. The minimum atomic E-state index is -0.977. The number of fused-ring (bicyclic) bond motifs is 1. The molecule has 8 heteroatoms. The summed E-state index contributed by atoms with van der Waals surface area (Å²) in [5.41, 5.74) is 0.444. The lowest BCUT2D eigenvalue weighted by Gasteiger charge is -2.12. The smallest absolute Gasteiger partial charge is 0.294 e. The van der Waals surface area contributed by atoms with Gasteiger partial charge in [0.25, 0.3) is 16.9 Å². The number of nitrogens with zero attached hydrogens (tertiary/aromatic N) is 2. The van der Waals surface area contributed by atoms with Crippen LogP contribution in [0.3, 0.4) is 0 Å². The van der Waals surface area contributed by atoms with Crippen LogP contribution in [0.1, 0.15) is 20.7 Å². The number of hydrogen-bond acceptors (Lipinski definition) is 5. The van der Waals surface area contributed by atoms with Gasteiger partial charge in [-0.25, -0.2) is 0 Å². The minimum absolute atomic E-state index is 0.176. The van der Waals surface area contributed by atoms with E-state index in [1.165, 1.54) is 18.2 Å². The van der Waals surface area contributed by atoms with Gasteiger partial charge in [-0.3, -0.25) is 14.5 Å². The fourth-order valence-electron chi connectivity index (χ4n) is 1.67. The van der Waals surface area contributed by atoms with Crippen LogP contribution in [0.5, 0.6) is 0 Å². The van der Waals surface area contributed by atoms with Crippen LogP contribution in [0.15, 0.2) is 18.2 Å². The molecule has 18 heavy (non-hydrogen) atoms. The number of hydrogen-bond donors (Lipinski definition) is 0. The van der Waals surface area contributed by atoms with Crippen molar-refractivity contribution in [1.82, 2.24) is 4.90 Å². The topological polar surface area (TPSA) is 89.8 Å². The molecule has 1 aromatic carbocycles. The molecule has 1 aliphatic heterocycles. The molecule has 94 valence electrons. The van der Waals surface area contributed by atoms with Gasteiger partial charge in [0.2, 0.25) is 0 Å². The highest BCUT2D eigenvalue weighted by Crippen LogP contribution is 2.25. The van der Waals surface area contributed by atoms with Crippen molar-refractivity contribution in [3.63, 3.8) is 0 Å². The maximum atomic E-state index is 11.9. The first-order valence-electron chi connectivity index (χ1n) is 4.94. The normalized spacial score (nSPS) is 13.7. The van der Waals surface area contributed by atoms with Gasteiger partial charge in [-0.2, -0.15) is 0 Å². The zero-order valence-corrected chi connectivity index (χ0v) is 9.72. The monoisotopic (exact) mass is 270 g/mol. The van der Waals surface area contributed by atoms with Crippen molar-refractivity contribution in [2.45, 2.75) is 0 Å². The van der Waals surface area contributed by atoms with E-state index >= 15 is 0 Å². The number of imide groups is 1. The van der Waals surface area contributed by atoms with Gasteiger partial charge in [0.05, 0.1) is 17.7 Å². The maximum Gasteiger partial charge on any atom is 0.294 e. The fourth-order valence-corrected chi connectivity index (χ4v) is 1.84. The number of carbonyl (C=O) groups is 2. The summed E-state index contributed by atoms with van der Waals surface area (Å²) in [6, 6.07) is 4.35. The Hall–Kier alpha value is -2.15. The lowest BCUT2D eigenvalue weighted by Crippen LogP contribution is -2.33. The van der Waals surface area contributed by atoms with Crippen LogP contribution in [0, 0.1) is 10.1 Å². The van der Waals surface area contributed by atoms with E-state index in [-0.39, 0.29) is 24.3 Å². The summed E-state index contributed by atoms with van der Waals surface area (Å²) in [4.78, 5) is 38.6. The number of carbonyl (C=O) groups excluding carboxylic acids is 2. The molecule has 2 amide bonds. The molecule has 0 N–H and O–H groups in total. The predicted octanol–water partition coefficient (Wildman–Crippen LogP) is 1.14. The molecule has 0 bridgehead atoms. The van der Waals surface area contributed by atoms with Crippen molar-refractivity contribution in [3.05, 3.63) is 44.5 Å². The Balaban J connectivity index is 2.15. The van der Waals surface area contributed by atoms with E-state index in [1.807, 2.05) is 0 Å². The van der Waals surface area contributed by atoms with Crippen LogP contribution in [0.2, 0.25) is 5.02 Å². The number of halogens is 1. The largest absolute Gasteiger partial charge is 0.312 e. The molecular weight excluding hydrogens is 264 g/mol. The average molecular weight is 271 g/mol. The van der Waals surface area contributed by atoms with Gasteiger partial charge in [0, 0.05) is 5.02 Å². The van der Waals surface area contributed by atoms with E-state index in [4.69, 9.17) is 11.6 Å². The molecule has 0 radical (unpaired) electrons. The molecule has 1 aliphatic rings. The third-order valence-electron chi connectivity index (χ3n) is 2.44. The van der Waals surface area contributed by atoms with Gasteiger partial charge in [-0.1, -0.05) is 11.6 Å². The molecule has 0 spiro atoms. The molecule has 0 saturated heterocycles. The van der Waals surface area contributed by atoms with E-state index in [2.05, 4.69) is 4.84 Å². The zero-order chi connectivity index (χ0) is 13.3. The Morgan fingerprint density at radius 3 is 2.61 bits per heavy atom. The van der Waals surface area contributed by atoms with Gasteiger partial charge in [0.1, 0.15) is 6.61 Å². The summed E-state index contributed by atoms with van der Waals surface area (Å²) in [5.74, 6) is -1.02. The molecule has 7 nitrogen and oxygen atoms in total. The summed E-state index contributed by atoms with van der Waals surface area (Å²) in [6.07, 6.45) is 0. The first-order valence-corrected chi connectivity index (χ1v) is 5.31. The Morgan fingerprint density at radius 1 is 1.28 bits per heavy atom. The third-order valence-corrected chi connectivity index (χ3v) is 2.68. The van der Waals surface area contributed by atoms with Gasteiger partial charge in [-0.15, -0.1) is 10.1 Å². The van der Waals surface area contributed by atoms with Crippen LogP contribution >= 0.6 is 11.6 Å². The van der Waals surface area contributed by atoms with E-state index < -0.39 is 16.9 Å². The SMILES string of the molecule is O=C1c2ccc(Cl)cc2C(=O)N1CCO[N+](=O)[O-]. The molecule has 2 rings (SSSR count). The summed E-state index contributed by atoms with van der Waals surface area (Å²) in [7, 11) is 0. The second-order valence-corrected chi connectivity index (χ2v) is 3.95. The molecule has 1 heterocycles. The highest BCUT2D eigenvalue weighted by atomic mass is 35.5. The van der Waals surface area contributed by atoms with E-state index in [0.717, 1.165) is 4.90 Å². The van der Waals surface area contributed by atoms with Gasteiger partial charge >= 0.3 is 0 Å². The van der Waals surface area contributed by atoms with Crippen LogP contribution in [0.25, 0.3) is 0 Å². The Bertz CT molecular complexity index is 545. The number of rotatable bonds is 4. The number of amides is 2. The molecule has 0 saturated carbocycles. The first kappa shape index (κ1) is 12.3. The molecule has 0 aromatic heterocycles. The van der Waals surface area contributed by atoms with E-state index in [0.29, 0.717) is 5.02 Å². The van der Waals surface area contributed by atoms with Gasteiger partial charge in [-0.05, 0) is 18.2 Å². The summed E-state index contributed by atoms with van der Waals surface area (Å²) in [6.45, 7) is -0.531. The lowest BCUT2D eigenvalue weighted by atomic mass is 10.1. The Labute approximate surface area is 106 Å². The molecule has 0 unspecified atom stereocenters. The van der Waals surface area contributed by atoms with Crippen LogP contribution in [-0.4, -0.2) is 35.0 Å². The van der Waals surface area contributed by atoms with E-state index in [9.17, 15) is 19.7 Å². The Morgan fingerprint density at radius 2 is 1.94 bits per heavy atom. The predicted molar refractivity (Wildman–Crippen MR) is 59.8 cm³/mol. The maximum absolute atomic E-state index is 11.9. The summed E-state index contributed by atoms with van der Waals surface area (Å²) in [5, 5.41) is 9.35. The summed E-state index contributed by atoms with van der Waals surface area (Å²) >= 11 is 5.73. The van der Waals surface area contributed by atoms with Crippen molar-refractivity contribution in [3.8, 4) is 0 Å². The van der Waals surface area contributed by atoms with Gasteiger partial charge < -0.3 is 4.84 Å². The average Bonchev–Trinajstić information content (AvgIpc) is 2.53. The number of benzene rings is 1. The second-order valence-electron chi connectivity index (χ2n) is 3.51. The van der Waals surface area contributed by atoms with Crippen LogP contribution in [-0.2, 0) is 4.84 Å². The van der Waals surface area contributed by atoms with E-state index in [1.54, 1.807) is 0 Å². The quantitative estimate of drug-likeness (QED) is 0.465. The highest BCUT2D eigenvalue weighted by Gasteiger charge is 2.35. The standard InChI is InChI=1S/C10H7ClN2O5/c11-6-1-2-7-8(5-6)10(15)12(9(7)14)3-4-18-13(16)17/h1-2,5H,3-4H2. The molecule has 1 aromatic rings. The Kier molecular flexibility index (Phi) is 3.15. The van der Waals surface area contributed by atoms with Crippen molar-refractivity contribution >= 4 is 23.4 Å². The summed E-state index contributed by atoms with van der Waals surface area (Å²) < 4.78 is 0. The van der Waals surface area contributed by atoms with Gasteiger partial charge in [0.15, 0.2) is 0 Å². The van der Waals surface area contributed by atoms with Crippen molar-refractivity contribution in [2.24, 2.45) is 0 Å². The molecule has 0 fully saturated rings. The highest BCUT2D eigenvalue weighted by molar-refractivity contribution is 6.32. The third kappa shape index (κ3) is 2.12. The second kappa shape index (κ2) is 4.61. The van der Waals surface area contributed by atoms with Crippen molar-refractivity contribution in [1.29, 1.82) is 0 Å². The molecule has 0 atom stereocenters. The van der Waals surface area contributed by atoms with Crippen molar-refractivity contribution in [2.75, 3.05) is 13.2 Å². The van der Waals surface area contributed by atoms with Crippen molar-refractivity contribution < 1.29 is 19.5 Å². The fraction of sp³-hybridized carbons (Fsp3) is 0.200. The first-order chi connectivity index (χ1) is 8.50. The van der Waals surface area contributed by atoms with Crippen LogP contribution < -0.4 is 0 Å². The minimum Gasteiger partial charge on any atom is -0.312 e. The lowest BCUT2D eigenvalue weighted by molar-refractivity contribution is -0.757. The molecular formula is C10H7ClN2O5. The van der Waals surface area contributed by atoms with Crippen LogP contribution in [0.4, 0.5) is 0 Å².